The minimum atomic E-state index is -2.61. The van der Waals surface area contributed by atoms with Gasteiger partial charge in [-0.3, -0.25) is 9.59 Å². The van der Waals surface area contributed by atoms with Gasteiger partial charge in [-0.15, -0.1) is 0 Å². The molecule has 1 saturated heterocycles. The summed E-state index contributed by atoms with van der Waals surface area (Å²) in [5.41, 5.74) is -0.952. The molecule has 208 valence electrons. The van der Waals surface area contributed by atoms with Crippen LogP contribution in [-0.4, -0.2) is 74.9 Å². The van der Waals surface area contributed by atoms with E-state index in [-0.39, 0.29) is 29.6 Å². The van der Waals surface area contributed by atoms with E-state index in [1.54, 1.807) is 20.8 Å². The van der Waals surface area contributed by atoms with Gasteiger partial charge in [0.05, 0.1) is 18.9 Å². The van der Waals surface area contributed by atoms with E-state index in [4.69, 9.17) is 23.4 Å². The van der Waals surface area contributed by atoms with Gasteiger partial charge in [0, 0.05) is 6.42 Å². The molecule has 1 aliphatic heterocycles. The molecule has 0 aromatic rings. The van der Waals surface area contributed by atoms with Crippen LogP contribution in [0.3, 0.4) is 0 Å². The summed E-state index contributed by atoms with van der Waals surface area (Å²) in [6.07, 6.45) is -7.77. The number of rotatable bonds is 10. The monoisotopic (exact) mass is 532 g/mol. The lowest BCUT2D eigenvalue weighted by Gasteiger charge is -2.48. The molecule has 1 heterocycles. The molecule has 0 unspecified atom stereocenters. The van der Waals surface area contributed by atoms with E-state index in [9.17, 15) is 24.3 Å². The van der Waals surface area contributed by atoms with Gasteiger partial charge in [0.1, 0.15) is 11.9 Å². The fourth-order valence-corrected chi connectivity index (χ4v) is 5.89. The number of hydrogen-bond donors (Lipinski definition) is 1. The summed E-state index contributed by atoms with van der Waals surface area (Å²) in [7, 11) is -1.47. The zero-order valence-corrected chi connectivity index (χ0v) is 24.5. The van der Waals surface area contributed by atoms with Crippen molar-refractivity contribution in [1.29, 1.82) is 0 Å². The highest BCUT2D eigenvalue weighted by Gasteiger charge is 2.56. The maximum atomic E-state index is 12.8. The summed E-state index contributed by atoms with van der Waals surface area (Å²) >= 11 is 0. The first-order valence-electron chi connectivity index (χ1n) is 12.3. The summed E-state index contributed by atoms with van der Waals surface area (Å²) in [6.45, 7) is 18.4. The quantitative estimate of drug-likeness (QED) is 0.254. The van der Waals surface area contributed by atoms with Crippen LogP contribution in [0.5, 0.6) is 0 Å². The van der Waals surface area contributed by atoms with Crippen molar-refractivity contribution in [2.75, 3.05) is 7.11 Å². The second kappa shape index (κ2) is 12.1. The van der Waals surface area contributed by atoms with Crippen molar-refractivity contribution in [2.24, 2.45) is 11.3 Å². The molecule has 1 fully saturated rings. The molecular weight excluding hydrogens is 488 g/mol. The van der Waals surface area contributed by atoms with E-state index in [2.05, 4.69) is 27.7 Å². The van der Waals surface area contributed by atoms with Crippen LogP contribution in [0.2, 0.25) is 18.1 Å². The van der Waals surface area contributed by atoms with E-state index >= 15 is 0 Å². The number of carbonyl (C=O) groups is 4. The molecule has 5 atom stereocenters. The van der Waals surface area contributed by atoms with E-state index in [0.717, 1.165) is 7.11 Å². The van der Waals surface area contributed by atoms with Crippen LogP contribution < -0.4 is 0 Å². The molecule has 11 heteroatoms. The first-order chi connectivity index (χ1) is 16.3. The third kappa shape index (κ3) is 7.84. The minimum absolute atomic E-state index is 0.0693. The lowest BCUT2D eigenvalue weighted by molar-refractivity contribution is -0.283. The molecule has 36 heavy (non-hydrogen) atoms. The largest absolute Gasteiger partial charge is 0.467 e. The highest BCUT2D eigenvalue weighted by atomic mass is 28.4. The van der Waals surface area contributed by atoms with Crippen LogP contribution in [0.25, 0.3) is 0 Å². The van der Waals surface area contributed by atoms with Crippen molar-refractivity contribution >= 4 is 32.0 Å². The molecule has 0 radical (unpaired) electrons. The summed E-state index contributed by atoms with van der Waals surface area (Å²) in [5.74, 6) is -2.37. The topological polar surface area (TPSA) is 135 Å². The third-order valence-electron chi connectivity index (χ3n) is 7.16. The van der Waals surface area contributed by atoms with Crippen molar-refractivity contribution in [1.82, 2.24) is 0 Å². The second-order valence-electron chi connectivity index (χ2n) is 11.7. The predicted octanol–water partition coefficient (Wildman–Crippen LogP) is 3.14. The van der Waals surface area contributed by atoms with Crippen molar-refractivity contribution < 1.29 is 47.7 Å². The molecular formula is C25H44O10Si. The molecule has 1 N–H and O–H groups in total. The van der Waals surface area contributed by atoms with Gasteiger partial charge in [0.25, 0.3) is 0 Å². The summed E-state index contributed by atoms with van der Waals surface area (Å²) in [6, 6.07) is 0. The highest BCUT2D eigenvalue weighted by Crippen LogP contribution is 2.46. The zero-order valence-electron chi connectivity index (χ0n) is 23.5. The molecule has 0 bridgehead atoms. The Morgan fingerprint density at radius 1 is 0.972 bits per heavy atom. The van der Waals surface area contributed by atoms with E-state index in [1.807, 2.05) is 13.1 Å². The fraction of sp³-hybridized carbons (Fsp3) is 0.840. The summed E-state index contributed by atoms with van der Waals surface area (Å²) < 4.78 is 28.2. The van der Waals surface area contributed by atoms with Gasteiger partial charge in [0.15, 0.2) is 32.9 Å². The number of esters is 3. The average Bonchev–Trinajstić information content (AvgIpc) is 2.74. The van der Waals surface area contributed by atoms with Crippen LogP contribution in [0.15, 0.2) is 0 Å². The SMILES string of the molecule is COC(=O)[C@H]1O[C@@H](O[Si](C)(C)C(C)(C)C(C)C)[C@H](O)[C@@H](OC(=O)C(C)(C)C)[C@@H]1OC(=O)CCC(C)=O. The molecule has 0 spiro atoms. The Morgan fingerprint density at radius 2 is 1.53 bits per heavy atom. The molecule has 1 aliphatic rings. The van der Waals surface area contributed by atoms with Crippen LogP contribution in [-0.2, 0) is 42.6 Å². The van der Waals surface area contributed by atoms with Gasteiger partial charge < -0.3 is 33.3 Å². The Balaban J connectivity index is 3.45. The number of ether oxygens (including phenoxy) is 4. The Morgan fingerprint density at radius 3 is 1.97 bits per heavy atom. The molecule has 0 aromatic heterocycles. The number of hydrogen-bond acceptors (Lipinski definition) is 10. The normalized spacial score (nSPS) is 25.3. The minimum Gasteiger partial charge on any atom is -0.467 e. The standard InChI is InChI=1S/C25H44O10Si/c1-14(2)25(7,8)36(10,11)35-22-17(28)18(34-23(30)24(4,5)6)19(20(33-22)21(29)31-9)32-16(27)13-12-15(3)26/h14,17-20,22,28H,12-13H2,1-11H3/t17-,18-,19+,20+,22+/m1/s1. The Labute approximate surface area is 215 Å². The Bertz CT molecular complexity index is 814. The predicted molar refractivity (Wildman–Crippen MR) is 133 cm³/mol. The first kappa shape index (κ1) is 32.2. The molecule has 0 amide bonds. The second-order valence-corrected chi connectivity index (χ2v) is 16.3. The van der Waals surface area contributed by atoms with Crippen LogP contribution in [0.4, 0.5) is 0 Å². The van der Waals surface area contributed by atoms with Gasteiger partial charge in [-0.1, -0.05) is 27.7 Å². The Kier molecular flexibility index (Phi) is 10.9. The van der Waals surface area contributed by atoms with Gasteiger partial charge in [0.2, 0.25) is 0 Å². The molecule has 0 saturated carbocycles. The summed E-state index contributed by atoms with van der Waals surface area (Å²) in [4.78, 5) is 49.3. The van der Waals surface area contributed by atoms with Crippen molar-refractivity contribution in [3.8, 4) is 0 Å². The highest BCUT2D eigenvalue weighted by molar-refractivity contribution is 6.74. The van der Waals surface area contributed by atoms with Crippen molar-refractivity contribution in [3.63, 3.8) is 0 Å². The molecule has 1 rings (SSSR count). The smallest absolute Gasteiger partial charge is 0.339 e. The number of aliphatic hydroxyl groups excluding tert-OH is 1. The molecule has 0 aromatic carbocycles. The van der Waals surface area contributed by atoms with Gasteiger partial charge >= 0.3 is 17.9 Å². The molecule has 10 nitrogen and oxygen atoms in total. The van der Waals surface area contributed by atoms with Crippen LogP contribution in [0.1, 0.15) is 68.2 Å². The van der Waals surface area contributed by atoms with Crippen molar-refractivity contribution in [2.45, 2.75) is 117 Å². The van der Waals surface area contributed by atoms with Crippen molar-refractivity contribution in [3.05, 3.63) is 0 Å². The average molecular weight is 533 g/mol. The van der Waals surface area contributed by atoms with Gasteiger partial charge in [-0.2, -0.15) is 0 Å². The summed E-state index contributed by atoms with van der Waals surface area (Å²) in [5, 5.41) is 11.0. The lowest BCUT2D eigenvalue weighted by Crippen LogP contribution is -2.65. The maximum Gasteiger partial charge on any atom is 0.339 e. The number of carbonyl (C=O) groups excluding carboxylic acids is 4. The maximum absolute atomic E-state index is 12.8. The van der Waals surface area contributed by atoms with E-state index < -0.39 is 62.3 Å². The van der Waals surface area contributed by atoms with Gasteiger partial charge in [-0.05, 0) is 51.7 Å². The third-order valence-corrected chi connectivity index (χ3v) is 11.7. The van der Waals surface area contributed by atoms with E-state index in [1.165, 1.54) is 6.92 Å². The lowest BCUT2D eigenvalue weighted by atomic mass is 9.95. The molecule has 0 aliphatic carbocycles. The first-order valence-corrected chi connectivity index (χ1v) is 15.2. The van der Waals surface area contributed by atoms with E-state index in [0.29, 0.717) is 0 Å². The number of methoxy groups -OCH3 is 1. The number of aliphatic hydroxyl groups is 1. The zero-order chi connectivity index (χ0) is 28.2. The number of ketones is 1. The Hall–Kier alpha value is -1.82. The number of Topliss-reactive ketones (excluding diaryl/α,β-unsaturated/α-hetero) is 1. The fourth-order valence-electron chi connectivity index (χ4n) is 3.42. The van der Waals surface area contributed by atoms with Crippen LogP contribution >= 0.6 is 0 Å². The van der Waals surface area contributed by atoms with Gasteiger partial charge in [-0.25, -0.2) is 4.79 Å². The van der Waals surface area contributed by atoms with Crippen LogP contribution in [0, 0.1) is 11.3 Å².